The highest BCUT2D eigenvalue weighted by Gasteiger charge is 2.32. The lowest BCUT2D eigenvalue weighted by Gasteiger charge is -2.40. The third kappa shape index (κ3) is 3.88. The van der Waals surface area contributed by atoms with E-state index in [0.29, 0.717) is 4.75 Å². The van der Waals surface area contributed by atoms with Crippen molar-refractivity contribution in [2.24, 2.45) is 0 Å². The summed E-state index contributed by atoms with van der Waals surface area (Å²) in [4.78, 5) is 2.72. The minimum atomic E-state index is 0.488. The van der Waals surface area contributed by atoms with Crippen LogP contribution in [0, 0.1) is 0 Å². The molecule has 3 heteroatoms. The van der Waals surface area contributed by atoms with Crippen LogP contribution in [0.5, 0.6) is 0 Å². The van der Waals surface area contributed by atoms with Gasteiger partial charge in [0, 0.05) is 29.9 Å². The topological polar surface area (TPSA) is 15.3 Å². The number of thioether (sulfide) groups is 1. The lowest BCUT2D eigenvalue weighted by atomic mass is 9.98. The maximum Gasteiger partial charge on any atom is 0.0279 e. The SMILES string of the molecule is CCC(CC)(CN1CCCC(NC2CC2)C1)SC. The molecule has 0 bridgehead atoms. The molecule has 2 fully saturated rings. The van der Waals surface area contributed by atoms with E-state index in [9.17, 15) is 0 Å². The monoisotopic (exact) mass is 270 g/mol. The Kier molecular flexibility index (Phi) is 5.40. The molecule has 1 saturated carbocycles. The maximum atomic E-state index is 3.81. The Morgan fingerprint density at radius 2 is 1.89 bits per heavy atom. The molecule has 0 aromatic heterocycles. The van der Waals surface area contributed by atoms with E-state index >= 15 is 0 Å². The minimum Gasteiger partial charge on any atom is -0.310 e. The number of hydrogen-bond donors (Lipinski definition) is 1. The molecule has 0 aromatic carbocycles. The van der Waals surface area contributed by atoms with E-state index in [1.807, 2.05) is 0 Å². The van der Waals surface area contributed by atoms with Gasteiger partial charge in [0.05, 0.1) is 0 Å². The molecular weight excluding hydrogens is 240 g/mol. The smallest absolute Gasteiger partial charge is 0.0279 e. The Morgan fingerprint density at radius 3 is 2.44 bits per heavy atom. The summed E-state index contributed by atoms with van der Waals surface area (Å²) in [6.07, 6.45) is 10.5. The van der Waals surface area contributed by atoms with Crippen molar-refractivity contribution in [3.63, 3.8) is 0 Å². The summed E-state index contributed by atoms with van der Waals surface area (Å²) < 4.78 is 0.488. The fourth-order valence-electron chi connectivity index (χ4n) is 3.15. The zero-order chi connectivity index (χ0) is 13.0. The van der Waals surface area contributed by atoms with Crippen LogP contribution in [0.2, 0.25) is 0 Å². The normalized spacial score (nSPS) is 26.5. The van der Waals surface area contributed by atoms with Crippen LogP contribution in [-0.2, 0) is 0 Å². The fraction of sp³-hybridized carbons (Fsp3) is 1.00. The molecule has 1 unspecified atom stereocenters. The first-order valence-corrected chi connectivity index (χ1v) is 8.97. The number of piperidine rings is 1. The molecule has 1 aliphatic carbocycles. The Hall–Kier alpha value is 0.270. The van der Waals surface area contributed by atoms with Gasteiger partial charge in [-0.25, -0.2) is 0 Å². The van der Waals surface area contributed by atoms with Gasteiger partial charge in [0.1, 0.15) is 0 Å². The van der Waals surface area contributed by atoms with Crippen molar-refractivity contribution in [3.8, 4) is 0 Å². The van der Waals surface area contributed by atoms with Gasteiger partial charge in [-0.1, -0.05) is 13.8 Å². The second-order valence-corrected chi connectivity index (χ2v) is 7.38. The second kappa shape index (κ2) is 6.62. The average Bonchev–Trinajstić information content (AvgIpc) is 3.21. The molecule has 1 atom stereocenters. The Morgan fingerprint density at radius 1 is 1.17 bits per heavy atom. The van der Waals surface area contributed by atoms with Crippen molar-refractivity contribution in [1.29, 1.82) is 0 Å². The fourth-order valence-corrected chi connectivity index (χ4v) is 4.04. The molecular formula is C15H30N2S. The summed E-state index contributed by atoms with van der Waals surface area (Å²) >= 11 is 2.08. The molecule has 0 radical (unpaired) electrons. The van der Waals surface area contributed by atoms with E-state index in [0.717, 1.165) is 12.1 Å². The quantitative estimate of drug-likeness (QED) is 0.765. The van der Waals surface area contributed by atoms with Crippen LogP contribution in [0.1, 0.15) is 52.4 Å². The predicted octanol–water partition coefficient (Wildman–Crippen LogP) is 3.12. The Labute approximate surface area is 117 Å². The van der Waals surface area contributed by atoms with E-state index < -0.39 is 0 Å². The molecule has 2 aliphatic rings. The van der Waals surface area contributed by atoms with Gasteiger partial charge in [-0.3, -0.25) is 0 Å². The molecule has 2 nitrogen and oxygen atoms in total. The molecule has 1 aliphatic heterocycles. The number of hydrogen-bond acceptors (Lipinski definition) is 3. The summed E-state index contributed by atoms with van der Waals surface area (Å²) in [5, 5.41) is 3.81. The summed E-state index contributed by atoms with van der Waals surface area (Å²) in [5.74, 6) is 0. The summed E-state index contributed by atoms with van der Waals surface area (Å²) in [5.41, 5.74) is 0. The first-order chi connectivity index (χ1) is 8.71. The van der Waals surface area contributed by atoms with Crippen molar-refractivity contribution >= 4 is 11.8 Å². The molecule has 18 heavy (non-hydrogen) atoms. The van der Waals surface area contributed by atoms with Crippen LogP contribution in [0.3, 0.4) is 0 Å². The van der Waals surface area contributed by atoms with Gasteiger partial charge in [0.25, 0.3) is 0 Å². The number of nitrogens with zero attached hydrogens (tertiary/aromatic N) is 1. The third-order valence-corrected chi connectivity index (χ3v) is 6.36. The van der Waals surface area contributed by atoms with Crippen molar-refractivity contribution < 1.29 is 0 Å². The van der Waals surface area contributed by atoms with Crippen molar-refractivity contribution in [1.82, 2.24) is 10.2 Å². The molecule has 1 heterocycles. The van der Waals surface area contributed by atoms with Gasteiger partial charge in [-0.05, 0) is 51.3 Å². The summed E-state index contributed by atoms with van der Waals surface area (Å²) in [7, 11) is 0. The maximum absolute atomic E-state index is 3.81. The van der Waals surface area contributed by atoms with Gasteiger partial charge in [0.2, 0.25) is 0 Å². The van der Waals surface area contributed by atoms with Crippen LogP contribution in [0.15, 0.2) is 0 Å². The van der Waals surface area contributed by atoms with E-state index in [4.69, 9.17) is 0 Å². The van der Waals surface area contributed by atoms with E-state index in [2.05, 4.69) is 42.1 Å². The van der Waals surface area contributed by atoms with Crippen LogP contribution in [0.4, 0.5) is 0 Å². The van der Waals surface area contributed by atoms with Gasteiger partial charge >= 0.3 is 0 Å². The number of likely N-dealkylation sites (tertiary alicyclic amines) is 1. The van der Waals surface area contributed by atoms with E-state index in [1.54, 1.807) is 0 Å². The first kappa shape index (κ1) is 14.7. The molecule has 0 amide bonds. The van der Waals surface area contributed by atoms with E-state index in [1.165, 1.54) is 58.2 Å². The highest BCUT2D eigenvalue weighted by Crippen LogP contribution is 2.32. The van der Waals surface area contributed by atoms with Crippen molar-refractivity contribution in [2.45, 2.75) is 69.2 Å². The Bertz CT molecular complexity index is 241. The summed E-state index contributed by atoms with van der Waals surface area (Å²) in [6.45, 7) is 8.57. The molecule has 1 saturated heterocycles. The summed E-state index contributed by atoms with van der Waals surface area (Å²) in [6, 6.07) is 1.62. The largest absolute Gasteiger partial charge is 0.310 e. The Balaban J connectivity index is 1.83. The van der Waals surface area contributed by atoms with Crippen LogP contribution >= 0.6 is 11.8 Å². The number of nitrogens with one attached hydrogen (secondary N) is 1. The van der Waals surface area contributed by atoms with Gasteiger partial charge < -0.3 is 10.2 Å². The number of rotatable bonds is 7. The van der Waals surface area contributed by atoms with Crippen LogP contribution in [-0.4, -0.2) is 47.6 Å². The second-order valence-electron chi connectivity index (χ2n) is 6.11. The highest BCUT2D eigenvalue weighted by molar-refractivity contribution is 8.00. The molecule has 1 N–H and O–H groups in total. The highest BCUT2D eigenvalue weighted by atomic mass is 32.2. The molecule has 2 rings (SSSR count). The molecule has 106 valence electrons. The van der Waals surface area contributed by atoms with Crippen molar-refractivity contribution in [2.75, 3.05) is 25.9 Å². The zero-order valence-corrected chi connectivity index (χ0v) is 13.2. The molecule has 0 aromatic rings. The van der Waals surface area contributed by atoms with E-state index in [-0.39, 0.29) is 0 Å². The van der Waals surface area contributed by atoms with Crippen molar-refractivity contribution in [3.05, 3.63) is 0 Å². The lowest BCUT2D eigenvalue weighted by Crippen LogP contribution is -2.50. The lowest BCUT2D eigenvalue weighted by molar-refractivity contribution is 0.170. The standard InChI is InChI=1S/C15H30N2S/c1-4-15(5-2,18-3)12-17-10-6-7-14(11-17)16-13-8-9-13/h13-14,16H,4-12H2,1-3H3. The third-order valence-electron chi connectivity index (χ3n) is 4.79. The minimum absolute atomic E-state index is 0.488. The predicted molar refractivity (Wildman–Crippen MR) is 82.4 cm³/mol. The van der Waals surface area contributed by atoms with Gasteiger partial charge in [0.15, 0.2) is 0 Å². The van der Waals surface area contributed by atoms with Gasteiger partial charge in [-0.15, -0.1) is 0 Å². The van der Waals surface area contributed by atoms with Gasteiger partial charge in [-0.2, -0.15) is 11.8 Å². The van der Waals surface area contributed by atoms with Crippen LogP contribution in [0.25, 0.3) is 0 Å². The van der Waals surface area contributed by atoms with Crippen LogP contribution < -0.4 is 5.32 Å². The average molecular weight is 270 g/mol. The molecule has 0 spiro atoms. The first-order valence-electron chi connectivity index (χ1n) is 7.75. The zero-order valence-electron chi connectivity index (χ0n) is 12.4.